The third-order valence-corrected chi connectivity index (χ3v) is 2.86. The van der Waals surface area contributed by atoms with Crippen LogP contribution in [0.5, 0.6) is 0 Å². The van der Waals surface area contributed by atoms with Gasteiger partial charge in [0.1, 0.15) is 13.1 Å². The normalized spacial score (nSPS) is 12.5. The number of likely N-dealkylation sites (N-methyl/N-ethyl adjacent to an activating group) is 1. The molecule has 3 N–H and O–H groups in total. The lowest BCUT2D eigenvalue weighted by atomic mass is 10.2. The number of hydrogen-bond acceptors (Lipinski definition) is 3. The first-order chi connectivity index (χ1) is 7.53. The minimum atomic E-state index is -0.230. The number of carbonyl (C=O) groups is 1. The van der Waals surface area contributed by atoms with Crippen molar-refractivity contribution >= 4 is 5.91 Å². The Morgan fingerprint density at radius 1 is 1.41 bits per heavy atom. The Hall–Kier alpha value is -0.620. The first-order valence-corrected chi connectivity index (χ1v) is 5.53. The number of amides is 1. The molecule has 1 amide bonds. The van der Waals surface area contributed by atoms with E-state index >= 15 is 0 Å². The Morgan fingerprint density at radius 2 is 1.88 bits per heavy atom. The van der Waals surface area contributed by atoms with Gasteiger partial charge in [-0.15, -0.1) is 0 Å². The van der Waals surface area contributed by atoms with E-state index in [1.807, 2.05) is 14.0 Å². The van der Waals surface area contributed by atoms with Gasteiger partial charge in [-0.1, -0.05) is 13.5 Å². The van der Waals surface area contributed by atoms with Gasteiger partial charge in [0.2, 0.25) is 5.91 Å². The topological polar surface area (TPSA) is 69.6 Å². The van der Waals surface area contributed by atoms with E-state index in [4.69, 9.17) is 10.2 Å². The fraction of sp³-hybridized carbons (Fsp3) is 0.727. The van der Waals surface area contributed by atoms with Crippen molar-refractivity contribution in [2.24, 2.45) is 0 Å². The van der Waals surface area contributed by atoms with Gasteiger partial charge in [0.25, 0.3) is 0 Å². The van der Waals surface area contributed by atoms with Crippen molar-refractivity contribution in [3.63, 3.8) is 0 Å². The van der Waals surface area contributed by atoms with Crippen LogP contribution in [0.2, 0.25) is 0 Å². The molecule has 0 radical (unpaired) electrons. The van der Waals surface area contributed by atoms with Crippen molar-refractivity contribution in [1.82, 2.24) is 5.32 Å². The molecule has 0 aliphatic heterocycles. The van der Waals surface area contributed by atoms with Crippen LogP contribution >= 0.6 is 0 Å². The highest BCUT2D eigenvalue weighted by molar-refractivity contribution is 5.86. The van der Waals surface area contributed by atoms with E-state index in [0.717, 1.165) is 6.42 Å². The average molecular weight is 267 g/mol. The van der Waals surface area contributed by atoms with Crippen molar-refractivity contribution in [1.29, 1.82) is 0 Å². The molecule has 0 saturated heterocycles. The van der Waals surface area contributed by atoms with Gasteiger partial charge in [-0.05, 0) is 6.08 Å². The summed E-state index contributed by atoms with van der Waals surface area (Å²) in [5.41, 5.74) is 0. The summed E-state index contributed by atoms with van der Waals surface area (Å²) in [6, 6.07) is 0. The summed E-state index contributed by atoms with van der Waals surface area (Å²) >= 11 is 0. The van der Waals surface area contributed by atoms with Crippen LogP contribution in [-0.4, -0.2) is 60.1 Å². The summed E-state index contributed by atoms with van der Waals surface area (Å²) in [4.78, 5) is 11.3. The van der Waals surface area contributed by atoms with Gasteiger partial charge in [-0.3, -0.25) is 4.79 Å². The quantitative estimate of drug-likeness (QED) is 0.242. The Labute approximate surface area is 109 Å². The highest BCUT2D eigenvalue weighted by Gasteiger charge is 2.31. The van der Waals surface area contributed by atoms with Gasteiger partial charge >= 0.3 is 0 Å². The molecular weight excluding hydrogens is 244 g/mol. The maximum absolute atomic E-state index is 11.3. The summed E-state index contributed by atoms with van der Waals surface area (Å²) in [6.45, 7) is 6.40. The van der Waals surface area contributed by atoms with Gasteiger partial charge in [0.05, 0.1) is 20.3 Å². The molecule has 1 unspecified atom stereocenters. The van der Waals surface area contributed by atoms with Gasteiger partial charge in [-0.25, -0.2) is 0 Å². The van der Waals surface area contributed by atoms with Crippen LogP contribution in [0, 0.1) is 0 Å². The first-order valence-electron chi connectivity index (χ1n) is 5.53. The standard InChI is InChI=1S/C11H22N2O3.ClH/c1-4-10(12-11(16)5-2)13(3,6-8-14)7-9-15;/h5,10,14-15H,2,4,6-9H2,1,3H3;1H. The zero-order chi connectivity index (χ0) is 12.6. The van der Waals surface area contributed by atoms with Gasteiger partial charge < -0.3 is 32.4 Å². The Kier molecular flexibility index (Phi) is 10.4. The van der Waals surface area contributed by atoms with E-state index in [2.05, 4.69) is 11.9 Å². The smallest absolute Gasteiger partial charge is 0.247 e. The van der Waals surface area contributed by atoms with E-state index in [-0.39, 0.29) is 37.7 Å². The summed E-state index contributed by atoms with van der Waals surface area (Å²) < 4.78 is 0.420. The molecule has 0 bridgehead atoms. The molecule has 0 rings (SSSR count). The second-order valence-electron chi connectivity index (χ2n) is 4.01. The average Bonchev–Trinajstić information content (AvgIpc) is 2.25. The van der Waals surface area contributed by atoms with E-state index in [1.165, 1.54) is 6.08 Å². The number of aliphatic hydroxyl groups excluding tert-OH is 2. The SMILES string of the molecule is C=CC(=O)NC(CC)[N+](C)(CCO)CCO.[Cl-]. The van der Waals surface area contributed by atoms with Crippen molar-refractivity contribution in [3.05, 3.63) is 12.7 Å². The van der Waals surface area contributed by atoms with E-state index in [0.29, 0.717) is 17.6 Å². The maximum Gasteiger partial charge on any atom is 0.247 e. The zero-order valence-corrected chi connectivity index (χ0v) is 11.3. The van der Waals surface area contributed by atoms with Crippen molar-refractivity contribution < 1.29 is 31.9 Å². The molecule has 0 spiro atoms. The van der Waals surface area contributed by atoms with Crippen molar-refractivity contribution in [2.75, 3.05) is 33.4 Å². The summed E-state index contributed by atoms with van der Waals surface area (Å²) in [7, 11) is 1.91. The third-order valence-electron chi connectivity index (χ3n) is 2.86. The predicted octanol–water partition coefficient (Wildman–Crippen LogP) is -3.54. The molecule has 0 saturated carbocycles. The van der Waals surface area contributed by atoms with E-state index in [1.54, 1.807) is 0 Å². The minimum Gasteiger partial charge on any atom is -1.00 e. The summed E-state index contributed by atoms with van der Waals surface area (Å²) in [5.74, 6) is -0.230. The molecular formula is C11H23ClN2O3. The second kappa shape index (κ2) is 9.41. The van der Waals surface area contributed by atoms with Crippen LogP contribution in [0.4, 0.5) is 0 Å². The Bertz CT molecular complexity index is 231. The number of carbonyl (C=O) groups excluding carboxylic acids is 1. The number of aliphatic hydroxyl groups is 2. The van der Waals surface area contributed by atoms with Crippen LogP contribution in [0.25, 0.3) is 0 Å². The lowest BCUT2D eigenvalue weighted by molar-refractivity contribution is -0.936. The number of rotatable bonds is 8. The molecule has 0 aliphatic rings. The second-order valence-corrected chi connectivity index (χ2v) is 4.01. The number of nitrogens with one attached hydrogen (secondary N) is 1. The third kappa shape index (κ3) is 6.02. The van der Waals surface area contributed by atoms with Crippen molar-refractivity contribution in [2.45, 2.75) is 19.5 Å². The molecule has 0 fully saturated rings. The molecule has 0 aromatic heterocycles. The fourth-order valence-corrected chi connectivity index (χ4v) is 1.80. The van der Waals surface area contributed by atoms with Crippen molar-refractivity contribution in [3.8, 4) is 0 Å². The first kappa shape index (κ1) is 18.7. The van der Waals surface area contributed by atoms with Crippen LogP contribution in [0.15, 0.2) is 12.7 Å². The monoisotopic (exact) mass is 266 g/mol. The van der Waals surface area contributed by atoms with Gasteiger partial charge in [-0.2, -0.15) is 0 Å². The van der Waals surface area contributed by atoms with E-state index < -0.39 is 0 Å². The van der Waals surface area contributed by atoms with E-state index in [9.17, 15) is 4.79 Å². The Morgan fingerprint density at radius 3 is 2.18 bits per heavy atom. The Balaban J connectivity index is 0. The summed E-state index contributed by atoms with van der Waals surface area (Å²) in [6.07, 6.45) is 1.84. The number of nitrogens with zero attached hydrogens (tertiary/aromatic N) is 1. The largest absolute Gasteiger partial charge is 1.00 e. The molecule has 5 nitrogen and oxygen atoms in total. The number of quaternary nitrogens is 1. The molecule has 1 atom stereocenters. The highest BCUT2D eigenvalue weighted by Crippen LogP contribution is 2.10. The van der Waals surface area contributed by atoms with Crippen LogP contribution in [-0.2, 0) is 4.79 Å². The van der Waals surface area contributed by atoms with Crippen LogP contribution in [0.1, 0.15) is 13.3 Å². The maximum atomic E-state index is 11.3. The molecule has 17 heavy (non-hydrogen) atoms. The van der Waals surface area contributed by atoms with Crippen LogP contribution < -0.4 is 17.7 Å². The molecule has 0 heterocycles. The van der Waals surface area contributed by atoms with Gasteiger partial charge in [0, 0.05) is 6.42 Å². The minimum absolute atomic E-state index is 0. The lowest BCUT2D eigenvalue weighted by Gasteiger charge is -2.40. The highest BCUT2D eigenvalue weighted by atomic mass is 35.5. The lowest BCUT2D eigenvalue weighted by Crippen LogP contribution is -3.00. The summed E-state index contributed by atoms with van der Waals surface area (Å²) in [5, 5.41) is 20.9. The zero-order valence-electron chi connectivity index (χ0n) is 10.5. The predicted molar refractivity (Wildman–Crippen MR) is 62.5 cm³/mol. The number of hydrogen-bond donors (Lipinski definition) is 3. The fourth-order valence-electron chi connectivity index (χ4n) is 1.80. The molecule has 6 heteroatoms. The molecule has 0 aliphatic carbocycles. The molecule has 0 aromatic carbocycles. The molecule has 102 valence electrons. The number of halogens is 1. The molecule has 0 aromatic rings. The van der Waals surface area contributed by atoms with Gasteiger partial charge in [0.15, 0.2) is 6.17 Å². The van der Waals surface area contributed by atoms with Crippen LogP contribution in [0.3, 0.4) is 0 Å².